The van der Waals surface area contributed by atoms with E-state index in [1.807, 2.05) is 0 Å². The molecule has 3 heterocycles. The fourth-order valence-electron chi connectivity index (χ4n) is 3.37. The molecule has 0 fully saturated rings. The molecular formula is C22H18F2N4O5S. The summed E-state index contributed by atoms with van der Waals surface area (Å²) in [5.74, 6) is -1.92. The molecule has 0 aliphatic carbocycles. The molecule has 0 saturated heterocycles. The van der Waals surface area contributed by atoms with Crippen LogP contribution in [0.5, 0.6) is 11.5 Å². The van der Waals surface area contributed by atoms with Gasteiger partial charge in [-0.25, -0.2) is 27.3 Å². The van der Waals surface area contributed by atoms with Crippen molar-refractivity contribution >= 4 is 32.5 Å². The lowest BCUT2D eigenvalue weighted by atomic mass is 10.1. The van der Waals surface area contributed by atoms with Crippen molar-refractivity contribution < 1.29 is 27.6 Å². The van der Waals surface area contributed by atoms with Crippen molar-refractivity contribution in [2.75, 3.05) is 12.5 Å². The summed E-state index contributed by atoms with van der Waals surface area (Å²) in [4.78, 5) is 28.7. The monoisotopic (exact) mass is 488 g/mol. The molecular weight excluding hydrogens is 470 g/mol. The molecule has 0 unspecified atom stereocenters. The average molecular weight is 488 g/mol. The van der Waals surface area contributed by atoms with E-state index in [1.165, 1.54) is 54.7 Å². The minimum atomic E-state index is -2.59. The largest absolute Gasteiger partial charge is 0.464 e. The highest BCUT2D eigenvalue weighted by Gasteiger charge is 2.21. The lowest BCUT2D eigenvalue weighted by Crippen LogP contribution is -2.21. The first-order valence-electron chi connectivity index (χ1n) is 9.70. The van der Waals surface area contributed by atoms with Gasteiger partial charge in [0.15, 0.2) is 23.1 Å². The maximum atomic E-state index is 14.3. The minimum absolute atomic E-state index is 0.0196. The second kappa shape index (κ2) is 8.37. The number of rotatable bonds is 4. The number of pyridine rings is 2. The van der Waals surface area contributed by atoms with Crippen molar-refractivity contribution in [3.8, 4) is 22.8 Å². The van der Waals surface area contributed by atoms with Gasteiger partial charge in [0.25, 0.3) is 5.56 Å². The second-order valence-electron chi connectivity index (χ2n) is 7.65. The van der Waals surface area contributed by atoms with E-state index < -0.39 is 33.0 Å². The number of halogens is 2. The predicted octanol–water partition coefficient (Wildman–Crippen LogP) is 4.36. The number of hydrogen-bond donors (Lipinski definition) is 1. The van der Waals surface area contributed by atoms with Gasteiger partial charge < -0.3 is 14.4 Å². The molecule has 176 valence electrons. The molecule has 4 aromatic rings. The molecule has 0 amide bonds. The van der Waals surface area contributed by atoms with Crippen LogP contribution >= 0.6 is 0 Å². The molecule has 12 heteroatoms. The molecule has 0 aliphatic rings. The standard InChI is InChI=1S/C22H18F2N4O5S/c1-27-11-14(13-8-9-28(22(30)31)20(13)21(27)29)19-17(6-7-18(25-19)26-34(2,3)32)33-16-5-4-12(23)10-15(16)24/h4-11H,1-3H3,(H,30,31). The van der Waals surface area contributed by atoms with E-state index in [-0.39, 0.29) is 39.5 Å². The Morgan fingerprint density at radius 1 is 1.15 bits per heavy atom. The smallest absolute Gasteiger partial charge is 0.416 e. The maximum absolute atomic E-state index is 14.3. The van der Waals surface area contributed by atoms with Crippen LogP contribution in [0.25, 0.3) is 22.2 Å². The molecule has 1 N–H and O–H groups in total. The third kappa shape index (κ3) is 4.39. The van der Waals surface area contributed by atoms with E-state index in [0.717, 1.165) is 16.7 Å². The summed E-state index contributed by atoms with van der Waals surface area (Å²) in [6.07, 6.45) is 4.12. The lowest BCUT2D eigenvalue weighted by molar-refractivity contribution is 0.197. The van der Waals surface area contributed by atoms with Crippen molar-refractivity contribution in [1.29, 1.82) is 0 Å². The zero-order chi connectivity index (χ0) is 24.8. The number of aromatic nitrogens is 3. The number of nitrogens with zero attached hydrogens (tertiary/aromatic N) is 4. The normalized spacial score (nSPS) is 11.6. The SMILES string of the molecule is Cn1cc(-c2nc(N=S(C)(C)=O)ccc2Oc2ccc(F)cc2F)c2ccn(C(=O)O)c2c1=O. The van der Waals surface area contributed by atoms with Crippen molar-refractivity contribution in [2.24, 2.45) is 11.4 Å². The molecule has 9 nitrogen and oxygen atoms in total. The molecule has 4 rings (SSSR count). The molecule has 0 bridgehead atoms. The molecule has 1 aromatic carbocycles. The number of aryl methyl sites for hydroxylation is 1. The Labute approximate surface area is 192 Å². The molecule has 0 spiro atoms. The first kappa shape index (κ1) is 23.1. The lowest BCUT2D eigenvalue weighted by Gasteiger charge is -2.14. The van der Waals surface area contributed by atoms with Crippen LogP contribution in [0, 0.1) is 11.6 Å². The number of benzene rings is 1. The van der Waals surface area contributed by atoms with Gasteiger partial charge in [-0.2, -0.15) is 4.36 Å². The molecule has 0 atom stereocenters. The Morgan fingerprint density at radius 3 is 2.50 bits per heavy atom. The van der Waals surface area contributed by atoms with Gasteiger partial charge in [0.05, 0.1) is 0 Å². The zero-order valence-electron chi connectivity index (χ0n) is 18.2. The highest BCUT2D eigenvalue weighted by atomic mass is 32.2. The number of carboxylic acid groups (broad SMARTS) is 1. The fraction of sp³-hybridized carbons (Fsp3) is 0.136. The van der Waals surface area contributed by atoms with Crippen molar-refractivity contribution in [1.82, 2.24) is 14.1 Å². The summed E-state index contributed by atoms with van der Waals surface area (Å²) in [5, 5.41) is 9.72. The number of fused-ring (bicyclic) bond motifs is 1. The van der Waals surface area contributed by atoms with E-state index in [0.29, 0.717) is 6.07 Å². The van der Waals surface area contributed by atoms with Crippen molar-refractivity contribution in [3.63, 3.8) is 0 Å². The van der Waals surface area contributed by atoms with Crippen molar-refractivity contribution in [2.45, 2.75) is 0 Å². The first-order chi connectivity index (χ1) is 15.9. The van der Waals surface area contributed by atoms with Gasteiger partial charge >= 0.3 is 6.09 Å². The predicted molar refractivity (Wildman–Crippen MR) is 122 cm³/mol. The van der Waals surface area contributed by atoms with E-state index in [1.54, 1.807) is 0 Å². The summed E-state index contributed by atoms with van der Waals surface area (Å²) in [7, 11) is -1.16. The number of ether oxygens (including phenoxy) is 1. The summed E-state index contributed by atoms with van der Waals surface area (Å²) in [6, 6.07) is 7.04. The van der Waals surface area contributed by atoms with Crippen LogP contribution in [0.15, 0.2) is 57.9 Å². The van der Waals surface area contributed by atoms with Gasteiger partial charge in [-0.15, -0.1) is 0 Å². The van der Waals surface area contributed by atoms with E-state index in [9.17, 15) is 27.7 Å². The zero-order valence-corrected chi connectivity index (χ0v) is 19.0. The second-order valence-corrected chi connectivity index (χ2v) is 10.2. The third-order valence-electron chi connectivity index (χ3n) is 4.75. The number of carbonyl (C=O) groups is 1. The Morgan fingerprint density at radius 2 is 1.85 bits per heavy atom. The third-order valence-corrected chi connectivity index (χ3v) is 5.38. The minimum Gasteiger partial charge on any atom is -0.464 e. The molecule has 34 heavy (non-hydrogen) atoms. The van der Waals surface area contributed by atoms with Crippen LogP contribution in [-0.2, 0) is 16.8 Å². The summed E-state index contributed by atoms with van der Waals surface area (Å²) in [5.41, 5.74) is -0.322. The van der Waals surface area contributed by atoms with Gasteiger partial charge in [-0.1, -0.05) is 0 Å². The Kier molecular flexibility index (Phi) is 5.69. The van der Waals surface area contributed by atoms with Gasteiger partial charge in [-0.05, 0) is 30.3 Å². The Bertz CT molecular complexity index is 1640. The van der Waals surface area contributed by atoms with Crippen LogP contribution < -0.4 is 10.3 Å². The average Bonchev–Trinajstić information content (AvgIpc) is 3.18. The molecule has 3 aromatic heterocycles. The van der Waals surface area contributed by atoms with Gasteiger partial charge in [0.1, 0.15) is 17.0 Å². The van der Waals surface area contributed by atoms with Crippen LogP contribution in [0.4, 0.5) is 19.4 Å². The fourth-order valence-corrected chi connectivity index (χ4v) is 3.92. The van der Waals surface area contributed by atoms with Gasteiger partial charge in [0, 0.05) is 58.7 Å². The molecule has 0 saturated carbocycles. The highest BCUT2D eigenvalue weighted by Crippen LogP contribution is 2.37. The van der Waals surface area contributed by atoms with Crippen LogP contribution in [-0.4, -0.2) is 42.0 Å². The first-order valence-corrected chi connectivity index (χ1v) is 12.0. The highest BCUT2D eigenvalue weighted by molar-refractivity contribution is 7.92. The summed E-state index contributed by atoms with van der Waals surface area (Å²) >= 11 is 0. The summed E-state index contributed by atoms with van der Waals surface area (Å²) < 4.78 is 51.5. The molecule has 0 aliphatic heterocycles. The van der Waals surface area contributed by atoms with Crippen LogP contribution in [0.1, 0.15) is 0 Å². The maximum Gasteiger partial charge on any atom is 0.416 e. The molecule has 0 radical (unpaired) electrons. The Hall–Kier alpha value is -4.06. The van der Waals surface area contributed by atoms with E-state index in [2.05, 4.69) is 9.35 Å². The number of hydrogen-bond acceptors (Lipinski definition) is 6. The topological polar surface area (TPSA) is 116 Å². The quantitative estimate of drug-likeness (QED) is 0.456. The van der Waals surface area contributed by atoms with Crippen molar-refractivity contribution in [3.05, 3.63) is 70.8 Å². The van der Waals surface area contributed by atoms with Crippen LogP contribution in [0.3, 0.4) is 0 Å². The van der Waals surface area contributed by atoms with Crippen LogP contribution in [0.2, 0.25) is 0 Å². The summed E-state index contributed by atoms with van der Waals surface area (Å²) in [6.45, 7) is 0. The van der Waals surface area contributed by atoms with Gasteiger partial charge in [0.2, 0.25) is 0 Å². The van der Waals surface area contributed by atoms with E-state index >= 15 is 0 Å². The van der Waals surface area contributed by atoms with Gasteiger partial charge in [-0.3, -0.25) is 4.79 Å². The Balaban J connectivity index is 2.02. The van der Waals surface area contributed by atoms with E-state index in [4.69, 9.17) is 4.74 Å².